The summed E-state index contributed by atoms with van der Waals surface area (Å²) in [6, 6.07) is 17.8. The largest absolute Gasteiger partial charge is 0.418 e. The van der Waals surface area contributed by atoms with Gasteiger partial charge in [-0.3, -0.25) is 4.68 Å². The van der Waals surface area contributed by atoms with Crippen LogP contribution in [0.25, 0.3) is 44.3 Å². The maximum Gasteiger partial charge on any atom is 0.418 e. The maximum absolute atomic E-state index is 14.5. The molecule has 40 heavy (non-hydrogen) atoms. The van der Waals surface area contributed by atoms with E-state index >= 15 is 0 Å². The van der Waals surface area contributed by atoms with Crippen molar-refractivity contribution in [3.63, 3.8) is 0 Å². The first-order chi connectivity index (χ1) is 19.0. The Labute approximate surface area is 232 Å². The molecule has 0 radical (unpaired) electrons. The molecule has 0 bridgehead atoms. The van der Waals surface area contributed by atoms with Gasteiger partial charge in [-0.05, 0) is 42.3 Å². The zero-order chi connectivity index (χ0) is 28.3. The minimum atomic E-state index is -4.70. The van der Waals surface area contributed by atoms with Crippen molar-refractivity contribution in [1.29, 1.82) is 0 Å². The van der Waals surface area contributed by atoms with Crippen LogP contribution in [0.5, 0.6) is 0 Å². The van der Waals surface area contributed by atoms with Crippen LogP contribution in [0.1, 0.15) is 16.7 Å². The van der Waals surface area contributed by atoms with Crippen LogP contribution >= 0.6 is 15.9 Å². The summed E-state index contributed by atoms with van der Waals surface area (Å²) in [6.07, 6.45) is -4.70. The van der Waals surface area contributed by atoms with Gasteiger partial charge in [0.1, 0.15) is 23.0 Å². The fraction of sp³-hybridized carbons (Fsp3) is 0.100. The fourth-order valence-corrected chi connectivity index (χ4v) is 5.26. The number of nitrogens with zero attached hydrogens (tertiary/aromatic N) is 2. The summed E-state index contributed by atoms with van der Waals surface area (Å²) in [4.78, 5) is 3.37. The summed E-state index contributed by atoms with van der Waals surface area (Å²) >= 11 is 3.54. The molecule has 202 valence electrons. The van der Waals surface area contributed by atoms with Crippen LogP contribution in [0.2, 0.25) is 0 Å². The molecule has 0 atom stereocenters. The van der Waals surface area contributed by atoms with Crippen LogP contribution in [0, 0.1) is 24.4 Å². The van der Waals surface area contributed by atoms with Crippen LogP contribution in [-0.2, 0) is 12.7 Å². The summed E-state index contributed by atoms with van der Waals surface area (Å²) in [6.45, 7) is 1.44. The first kappa shape index (κ1) is 26.2. The fourth-order valence-electron chi connectivity index (χ4n) is 4.90. The minimum absolute atomic E-state index is 0.163. The molecule has 0 aliphatic carbocycles. The van der Waals surface area contributed by atoms with Crippen LogP contribution in [0.3, 0.4) is 0 Å². The van der Waals surface area contributed by atoms with Crippen molar-refractivity contribution in [3.8, 4) is 22.5 Å². The van der Waals surface area contributed by atoms with E-state index in [0.29, 0.717) is 17.7 Å². The Morgan fingerprint density at radius 1 is 0.875 bits per heavy atom. The highest BCUT2D eigenvalue weighted by Gasteiger charge is 2.34. The number of alkyl halides is 3. The van der Waals surface area contributed by atoms with E-state index in [4.69, 9.17) is 0 Å². The summed E-state index contributed by atoms with van der Waals surface area (Å²) < 4.78 is 86.1. The second-order valence-electron chi connectivity index (χ2n) is 9.50. The standard InChI is InChI=1S/C30H18BrF6N3/c1-15-9-26-18(10-23(15)31)11-27(38-26)16-5-7-17(8-6-16)29-20-3-2-4-22(30(35,36)37)28(20)39-40(29)14-21-24(33)12-19(32)13-25(21)34/h2-13,38H,14H2,1H3. The number of halogens is 7. The topological polar surface area (TPSA) is 33.6 Å². The molecule has 0 saturated heterocycles. The van der Waals surface area contributed by atoms with E-state index in [2.05, 4.69) is 26.0 Å². The molecule has 1 N–H and O–H groups in total. The molecule has 0 spiro atoms. The molecule has 0 aliphatic rings. The van der Waals surface area contributed by atoms with Crippen LogP contribution in [-0.4, -0.2) is 14.8 Å². The zero-order valence-electron chi connectivity index (χ0n) is 20.7. The molecular weight excluding hydrogens is 596 g/mol. The number of benzene rings is 4. The van der Waals surface area contributed by atoms with Crippen molar-refractivity contribution in [3.05, 3.63) is 111 Å². The molecular formula is C30H18BrF6N3. The number of nitrogens with one attached hydrogen (secondary N) is 1. The van der Waals surface area contributed by atoms with Crippen LogP contribution < -0.4 is 0 Å². The summed E-state index contributed by atoms with van der Waals surface area (Å²) in [7, 11) is 0. The van der Waals surface area contributed by atoms with Crippen molar-refractivity contribution in [2.45, 2.75) is 19.6 Å². The highest BCUT2D eigenvalue weighted by atomic mass is 79.9. The van der Waals surface area contributed by atoms with Gasteiger partial charge in [0.15, 0.2) is 0 Å². The Bertz CT molecular complexity index is 1860. The predicted octanol–water partition coefficient (Wildman–Crippen LogP) is 9.41. The summed E-state index contributed by atoms with van der Waals surface area (Å²) in [5.74, 6) is -3.41. The number of aromatic nitrogens is 3. The van der Waals surface area contributed by atoms with Crippen molar-refractivity contribution < 1.29 is 26.3 Å². The number of aryl methyl sites for hydroxylation is 1. The highest BCUT2D eigenvalue weighted by molar-refractivity contribution is 9.10. The lowest BCUT2D eigenvalue weighted by Gasteiger charge is -2.11. The molecule has 6 aromatic rings. The third kappa shape index (κ3) is 4.56. The second-order valence-corrected chi connectivity index (χ2v) is 10.4. The SMILES string of the molecule is Cc1cc2[nH]c(-c3ccc(-c4c5cccc(C(F)(F)F)c5nn4Cc4c(F)cc(F)cc4F)cc3)cc2cc1Br. The minimum Gasteiger partial charge on any atom is -0.355 e. The maximum atomic E-state index is 14.5. The normalized spacial score (nSPS) is 12.1. The van der Waals surface area contributed by atoms with E-state index in [9.17, 15) is 26.3 Å². The second kappa shape index (κ2) is 9.55. The quantitative estimate of drug-likeness (QED) is 0.197. The molecule has 3 nitrogen and oxygen atoms in total. The van der Waals surface area contributed by atoms with Gasteiger partial charge in [0, 0.05) is 49.7 Å². The van der Waals surface area contributed by atoms with Crippen molar-refractivity contribution in [2.24, 2.45) is 0 Å². The van der Waals surface area contributed by atoms with Gasteiger partial charge >= 0.3 is 6.18 Å². The van der Waals surface area contributed by atoms with Crippen LogP contribution in [0.4, 0.5) is 26.3 Å². The number of rotatable bonds is 4. The molecule has 10 heteroatoms. The van der Waals surface area contributed by atoms with Gasteiger partial charge in [0.2, 0.25) is 0 Å². The van der Waals surface area contributed by atoms with Gasteiger partial charge in [-0.25, -0.2) is 13.2 Å². The first-order valence-electron chi connectivity index (χ1n) is 12.1. The molecule has 6 rings (SSSR count). The highest BCUT2D eigenvalue weighted by Crippen LogP contribution is 2.39. The number of fused-ring (bicyclic) bond motifs is 2. The zero-order valence-corrected chi connectivity index (χ0v) is 22.3. The van der Waals surface area contributed by atoms with E-state index in [1.165, 1.54) is 12.1 Å². The van der Waals surface area contributed by atoms with Gasteiger partial charge in [-0.1, -0.05) is 52.3 Å². The summed E-state index contributed by atoms with van der Waals surface area (Å²) in [5.41, 5.74) is 2.59. The van der Waals surface area contributed by atoms with E-state index in [-0.39, 0.29) is 16.6 Å². The average molecular weight is 614 g/mol. The Balaban J connectivity index is 1.49. The molecule has 0 saturated carbocycles. The lowest BCUT2D eigenvalue weighted by Crippen LogP contribution is -2.09. The molecule has 2 heterocycles. The van der Waals surface area contributed by atoms with Gasteiger partial charge < -0.3 is 4.98 Å². The Morgan fingerprint density at radius 3 is 2.23 bits per heavy atom. The van der Waals surface area contributed by atoms with E-state index < -0.39 is 41.3 Å². The Kier molecular flexibility index (Phi) is 6.25. The monoisotopic (exact) mass is 613 g/mol. The Morgan fingerprint density at radius 2 is 1.55 bits per heavy atom. The lowest BCUT2D eigenvalue weighted by molar-refractivity contribution is -0.136. The van der Waals surface area contributed by atoms with Crippen molar-refractivity contribution >= 4 is 37.7 Å². The van der Waals surface area contributed by atoms with Gasteiger partial charge in [-0.2, -0.15) is 18.3 Å². The molecule has 4 aromatic carbocycles. The van der Waals surface area contributed by atoms with Crippen molar-refractivity contribution in [1.82, 2.24) is 14.8 Å². The molecule has 2 aromatic heterocycles. The van der Waals surface area contributed by atoms with Crippen LogP contribution in [0.15, 0.2) is 77.3 Å². The average Bonchev–Trinajstić information content (AvgIpc) is 3.46. The van der Waals surface area contributed by atoms with Crippen molar-refractivity contribution in [2.75, 3.05) is 0 Å². The first-order valence-corrected chi connectivity index (χ1v) is 12.9. The summed E-state index contributed by atoms with van der Waals surface area (Å²) in [5, 5.41) is 5.31. The van der Waals surface area contributed by atoms with Gasteiger partial charge in [0.05, 0.1) is 17.8 Å². The molecule has 0 unspecified atom stereocenters. The number of aromatic amines is 1. The number of hydrogen-bond donors (Lipinski definition) is 1. The molecule has 0 amide bonds. The van der Waals surface area contributed by atoms with Gasteiger partial charge in [-0.15, -0.1) is 0 Å². The predicted molar refractivity (Wildman–Crippen MR) is 145 cm³/mol. The number of H-pyrrole nitrogens is 1. The lowest BCUT2D eigenvalue weighted by atomic mass is 10.0. The molecule has 0 aliphatic heterocycles. The third-order valence-electron chi connectivity index (χ3n) is 6.86. The third-order valence-corrected chi connectivity index (χ3v) is 7.71. The van der Waals surface area contributed by atoms with E-state index in [1.54, 1.807) is 24.3 Å². The number of hydrogen-bond acceptors (Lipinski definition) is 1. The van der Waals surface area contributed by atoms with Gasteiger partial charge in [0.25, 0.3) is 0 Å². The smallest absolute Gasteiger partial charge is 0.355 e. The Hall–Kier alpha value is -4.05. The van der Waals surface area contributed by atoms with E-state index in [1.807, 2.05) is 25.1 Å². The molecule has 0 fully saturated rings. The van der Waals surface area contributed by atoms with E-state index in [0.717, 1.165) is 42.9 Å².